The second kappa shape index (κ2) is 66.5. The first-order valence-electron chi connectivity index (χ1n) is 30.0. The average Bonchev–Trinajstić information content (AvgIpc) is 3.55. The van der Waals surface area contributed by atoms with Crippen LogP contribution in [0.15, 0.2) is 25.3 Å². The summed E-state index contributed by atoms with van der Waals surface area (Å²) >= 11 is 0. The topological polar surface area (TPSA) is 363 Å². The van der Waals surface area contributed by atoms with Gasteiger partial charge in [0.15, 0.2) is 11.6 Å². The lowest BCUT2D eigenvalue weighted by molar-refractivity contribution is -0.150. The first kappa shape index (κ1) is 92.7. The highest BCUT2D eigenvalue weighted by molar-refractivity contribution is 6.36. The molecule has 0 spiro atoms. The molecule has 0 radical (unpaired) electrons. The van der Waals surface area contributed by atoms with E-state index in [2.05, 4.69) is 33.3 Å². The smallest absolute Gasteiger partial charge is 0.407 e. The molecule has 6 atom stereocenters. The molecule has 0 saturated carbocycles. The van der Waals surface area contributed by atoms with Crippen LogP contribution in [0.1, 0.15) is 155 Å². The summed E-state index contributed by atoms with van der Waals surface area (Å²) in [4.78, 5) is 132. The van der Waals surface area contributed by atoms with Crippen molar-refractivity contribution in [2.75, 3.05) is 106 Å². The number of Topliss-reactive ketones (excluding diaryl/α,β-unsaturated/α-hetero) is 2. The summed E-state index contributed by atoms with van der Waals surface area (Å²) < 4.78 is 57.8. The van der Waals surface area contributed by atoms with Crippen LogP contribution < -0.4 is 10.6 Å². The van der Waals surface area contributed by atoms with Crippen molar-refractivity contribution in [1.82, 2.24) is 10.6 Å². The van der Waals surface area contributed by atoms with Crippen LogP contribution in [0.3, 0.4) is 0 Å². The molecule has 2 amide bonds. The van der Waals surface area contributed by atoms with Crippen molar-refractivity contribution in [3.8, 4) is 6.07 Å². The first-order valence-corrected chi connectivity index (χ1v) is 30.0. The molecule has 0 heterocycles. The highest BCUT2D eigenvalue weighted by atomic mass is 16.6. The van der Waals surface area contributed by atoms with Gasteiger partial charge in [-0.25, -0.2) is 19.2 Å². The molecule has 27 heteroatoms. The maximum absolute atomic E-state index is 11.3. The number of rotatable bonds is 40. The van der Waals surface area contributed by atoms with Gasteiger partial charge >= 0.3 is 59.9 Å². The van der Waals surface area contributed by atoms with Gasteiger partial charge in [0, 0.05) is 39.2 Å². The molecule has 0 fully saturated rings. The summed E-state index contributed by atoms with van der Waals surface area (Å²) in [6, 6.07) is 1.90. The zero-order valence-corrected chi connectivity index (χ0v) is 55.7. The van der Waals surface area contributed by atoms with Crippen LogP contribution in [0.2, 0.25) is 0 Å². The molecule has 2 N–H and O–H groups in total. The van der Waals surface area contributed by atoms with Gasteiger partial charge in [0.25, 0.3) is 0 Å². The number of alkyl carbamates (subject to hydrolysis) is 2. The summed E-state index contributed by atoms with van der Waals surface area (Å²) in [6.45, 7) is 35.1. The van der Waals surface area contributed by atoms with Gasteiger partial charge in [-0.2, -0.15) is 5.26 Å². The fourth-order valence-electron chi connectivity index (χ4n) is 4.59. The maximum atomic E-state index is 11.3. The Morgan fingerprint density at radius 1 is 0.416 bits per heavy atom. The lowest BCUT2D eigenvalue weighted by Crippen LogP contribution is -2.29. The summed E-state index contributed by atoms with van der Waals surface area (Å²) in [6.07, 6.45) is 6.15. The predicted molar refractivity (Wildman–Crippen MR) is 327 cm³/mol. The second-order valence-corrected chi connectivity index (χ2v) is 18.9. The molecular weight excluding hydrogens is 1170 g/mol. The number of nitriles is 1. The first-order chi connectivity index (χ1) is 42.2. The number of ketones is 2. The van der Waals surface area contributed by atoms with Crippen molar-refractivity contribution in [1.29, 1.82) is 5.26 Å². The number of hydrogen-bond acceptors (Lipinski definition) is 25. The molecule has 0 aromatic rings. The largest absolute Gasteiger partial charge is 0.465 e. The van der Waals surface area contributed by atoms with Crippen LogP contribution in [0.25, 0.3) is 0 Å². The van der Waals surface area contributed by atoms with E-state index in [9.17, 15) is 57.5 Å². The van der Waals surface area contributed by atoms with Crippen LogP contribution in [-0.2, 0) is 105 Å². The van der Waals surface area contributed by atoms with Crippen molar-refractivity contribution in [3.05, 3.63) is 25.3 Å². The standard InChI is InChI=1S/2C13H21NO6.C11H18O4.C9H18O3.C8H13NO2.C8H16O3/c2*1-4-10(3)12(16)19-8-9-20-13(17)14-6-7-18-11(15)5-2;1-4-8(2)11(14)15-7-5-6-10(13)9(3)12;1-4-8(3)9(10)12-7-6-11-5-2;1-3-7(2)8(10)11-6-4-5-9;1-4-7(2)8(9)11-6-5-10-3/h2*5,10H,2,4,6-9H2,1,3H3,(H,14,17);8H,4-7H2,1-3H3;8H,4-7H2,1-3H3;7H,3-4,6H2,1-2H3;7H,4-6H2,1-3H3. The van der Waals surface area contributed by atoms with E-state index >= 15 is 0 Å². The van der Waals surface area contributed by atoms with E-state index in [-0.39, 0.29) is 150 Å². The lowest BCUT2D eigenvalue weighted by Gasteiger charge is -2.10. The molecule has 27 nitrogen and oxygen atoms in total. The van der Waals surface area contributed by atoms with Gasteiger partial charge in [0.05, 0.1) is 80.9 Å². The van der Waals surface area contributed by atoms with E-state index in [1.807, 2.05) is 75.3 Å². The van der Waals surface area contributed by atoms with Crippen LogP contribution in [0, 0.1) is 46.8 Å². The van der Waals surface area contributed by atoms with E-state index in [1.165, 1.54) is 6.92 Å². The molecule has 0 aromatic heterocycles. The number of methoxy groups -OCH3 is 1. The molecular formula is C62H107N3O24. The monoisotopic (exact) mass is 1280 g/mol. The van der Waals surface area contributed by atoms with Gasteiger partial charge in [-0.05, 0) is 51.9 Å². The Hall–Kier alpha value is -7.47. The average molecular weight is 1280 g/mol. The van der Waals surface area contributed by atoms with Crippen LogP contribution in [0.5, 0.6) is 0 Å². The fourth-order valence-corrected chi connectivity index (χ4v) is 4.59. The van der Waals surface area contributed by atoms with E-state index in [1.54, 1.807) is 27.9 Å². The fraction of sp³-hybridized carbons (Fsp3) is 0.726. The van der Waals surface area contributed by atoms with Crippen molar-refractivity contribution < 1.29 is 114 Å². The third kappa shape index (κ3) is 64.8. The second-order valence-electron chi connectivity index (χ2n) is 18.9. The highest BCUT2D eigenvalue weighted by Gasteiger charge is 2.16. The summed E-state index contributed by atoms with van der Waals surface area (Å²) in [5.74, 6) is -3.77. The summed E-state index contributed by atoms with van der Waals surface area (Å²) in [5, 5.41) is 12.9. The van der Waals surface area contributed by atoms with Crippen molar-refractivity contribution in [3.63, 3.8) is 0 Å². The Balaban J connectivity index is -0.000000236. The maximum Gasteiger partial charge on any atom is 0.407 e. The number of carbonyl (C=O) groups is 12. The Kier molecular flexibility index (Phi) is 69.2. The molecule has 514 valence electrons. The summed E-state index contributed by atoms with van der Waals surface area (Å²) in [5.41, 5.74) is 0. The van der Waals surface area contributed by atoms with Gasteiger partial charge in [0.1, 0.15) is 59.5 Å². The number of ether oxygens (including phenoxy) is 12. The van der Waals surface area contributed by atoms with Gasteiger partial charge in [-0.3, -0.25) is 38.4 Å². The van der Waals surface area contributed by atoms with Crippen LogP contribution in [-0.4, -0.2) is 178 Å². The van der Waals surface area contributed by atoms with Crippen molar-refractivity contribution >= 4 is 71.5 Å². The normalized spacial score (nSPS) is 11.7. The Morgan fingerprint density at radius 2 is 0.708 bits per heavy atom. The molecule has 0 aliphatic carbocycles. The van der Waals surface area contributed by atoms with E-state index in [4.69, 9.17) is 52.6 Å². The van der Waals surface area contributed by atoms with E-state index < -0.39 is 35.7 Å². The molecule has 0 aliphatic heterocycles. The van der Waals surface area contributed by atoms with Gasteiger partial charge < -0.3 is 67.5 Å². The number of carbonyl (C=O) groups excluding carboxylic acids is 12. The van der Waals surface area contributed by atoms with Gasteiger partial charge in [-0.15, -0.1) is 0 Å². The molecule has 0 aromatic carbocycles. The lowest BCUT2D eigenvalue weighted by atomic mass is 10.1. The number of hydrogen-bond donors (Lipinski definition) is 2. The Bertz CT molecular complexity index is 1960. The molecule has 0 bridgehead atoms. The van der Waals surface area contributed by atoms with E-state index in [0.717, 1.165) is 37.8 Å². The SMILES string of the molecule is C=CC(=O)OCCNC(=O)OCCOC(=O)C(C)CC.C=CC(=O)OCCNC(=O)OCCOC(=O)C(C)CC.CCC(C)C(=O)OCCC#N.CCC(C)C(=O)OCCCC(=O)C(C)=O.CCC(C)C(=O)OCCOC.CCOCCOC(=O)C(C)CC. The number of esters is 8. The number of nitrogens with one attached hydrogen (secondary N) is 2. The predicted octanol–water partition coefficient (Wildman–Crippen LogP) is 7.90. The minimum Gasteiger partial charge on any atom is -0.465 e. The number of nitrogens with zero attached hydrogens (tertiary/aromatic N) is 1. The molecule has 89 heavy (non-hydrogen) atoms. The van der Waals surface area contributed by atoms with Crippen LogP contribution >= 0.6 is 0 Å². The minimum atomic E-state index is -0.667. The van der Waals surface area contributed by atoms with E-state index in [0.29, 0.717) is 52.3 Å². The molecule has 0 aliphatic rings. The summed E-state index contributed by atoms with van der Waals surface area (Å²) in [7, 11) is 1.58. The van der Waals surface area contributed by atoms with Crippen LogP contribution in [0.4, 0.5) is 9.59 Å². The zero-order valence-electron chi connectivity index (χ0n) is 55.7. The number of amides is 2. The third-order valence-corrected chi connectivity index (χ3v) is 11.6. The molecule has 0 saturated heterocycles. The minimum absolute atomic E-state index is 0.00614. The Morgan fingerprint density at radius 3 is 0.989 bits per heavy atom. The molecule has 0 rings (SSSR count). The molecule has 6 unspecified atom stereocenters. The third-order valence-electron chi connectivity index (χ3n) is 11.6. The van der Waals surface area contributed by atoms with Gasteiger partial charge in [-0.1, -0.05) is 96.2 Å². The highest BCUT2D eigenvalue weighted by Crippen LogP contribution is 2.07. The zero-order chi connectivity index (χ0) is 69.4. The van der Waals surface area contributed by atoms with Gasteiger partial charge in [0.2, 0.25) is 0 Å². The van der Waals surface area contributed by atoms with Crippen molar-refractivity contribution in [2.45, 2.75) is 155 Å². The quantitative estimate of drug-likeness (QED) is 0.0193. The Labute approximate surface area is 527 Å². The van der Waals surface area contributed by atoms with Crippen molar-refractivity contribution in [2.24, 2.45) is 35.5 Å².